The molecule has 9 rings (SSSR count). The number of benzene rings is 7. The lowest BCUT2D eigenvalue weighted by Gasteiger charge is -2.31. The van der Waals surface area contributed by atoms with Gasteiger partial charge in [-0.15, -0.1) is 0 Å². The zero-order chi connectivity index (χ0) is 31.2. The number of rotatable bonds is 5. The fraction of sp³-hybridized carbons (Fsp3) is 0. The van der Waals surface area contributed by atoms with Gasteiger partial charge in [0.1, 0.15) is 0 Å². The third-order valence-corrected chi connectivity index (χ3v) is 14.3. The standard InChI is InChI=1S/C43H29N3Si/c1-4-17-31(18-5-1)41-44-42(35-26-14-19-30-16-10-11-24-34(30)35)46-43(45-41)37-27-15-29-39-40(37)36-25-12-13-28-38(36)47(39,32-20-6-2-7-21-32)33-22-8-3-9-23-33/h1-29H. The van der Waals surface area contributed by atoms with Crippen LogP contribution in [0.4, 0.5) is 0 Å². The van der Waals surface area contributed by atoms with Crippen molar-refractivity contribution < 1.29 is 0 Å². The number of fused-ring (bicyclic) bond motifs is 4. The average Bonchev–Trinajstić information content (AvgIpc) is 3.47. The van der Waals surface area contributed by atoms with Crippen molar-refractivity contribution in [2.75, 3.05) is 0 Å². The first kappa shape index (κ1) is 27.3. The minimum atomic E-state index is -2.65. The highest BCUT2D eigenvalue weighted by molar-refractivity contribution is 7.22. The molecule has 0 unspecified atom stereocenters. The van der Waals surface area contributed by atoms with Gasteiger partial charge in [0.15, 0.2) is 25.5 Å². The zero-order valence-corrected chi connectivity index (χ0v) is 26.6. The molecule has 220 valence electrons. The molecule has 0 saturated carbocycles. The van der Waals surface area contributed by atoms with Crippen LogP contribution in [0.5, 0.6) is 0 Å². The maximum atomic E-state index is 5.29. The molecular weight excluding hydrogens is 587 g/mol. The molecule has 0 radical (unpaired) electrons. The molecule has 0 aliphatic carbocycles. The van der Waals surface area contributed by atoms with Crippen LogP contribution in [0.1, 0.15) is 0 Å². The van der Waals surface area contributed by atoms with Crippen LogP contribution in [0, 0.1) is 0 Å². The fourth-order valence-corrected chi connectivity index (χ4v) is 12.6. The summed E-state index contributed by atoms with van der Waals surface area (Å²) in [5.74, 6) is 2.01. The van der Waals surface area contributed by atoms with Gasteiger partial charge in [0.05, 0.1) is 0 Å². The summed E-state index contributed by atoms with van der Waals surface area (Å²) >= 11 is 0. The van der Waals surface area contributed by atoms with Crippen LogP contribution < -0.4 is 20.7 Å². The van der Waals surface area contributed by atoms with Crippen LogP contribution in [0.2, 0.25) is 0 Å². The van der Waals surface area contributed by atoms with E-state index in [1.54, 1.807) is 0 Å². The van der Waals surface area contributed by atoms with Gasteiger partial charge in [0.2, 0.25) is 0 Å². The van der Waals surface area contributed by atoms with Gasteiger partial charge in [-0.1, -0.05) is 176 Å². The molecule has 8 aromatic rings. The van der Waals surface area contributed by atoms with Crippen LogP contribution in [0.3, 0.4) is 0 Å². The van der Waals surface area contributed by atoms with Crippen LogP contribution in [-0.4, -0.2) is 23.0 Å². The number of hydrogen-bond acceptors (Lipinski definition) is 3. The number of hydrogen-bond donors (Lipinski definition) is 0. The lowest BCUT2D eigenvalue weighted by molar-refractivity contribution is 1.08. The second-order valence-electron chi connectivity index (χ2n) is 12.0. The Hall–Kier alpha value is -5.97. The van der Waals surface area contributed by atoms with Crippen molar-refractivity contribution in [2.45, 2.75) is 0 Å². The quantitative estimate of drug-likeness (QED) is 0.190. The molecule has 0 fully saturated rings. The Morgan fingerprint density at radius 2 is 0.830 bits per heavy atom. The summed E-state index contributed by atoms with van der Waals surface area (Å²) in [5.41, 5.74) is 5.46. The first-order chi connectivity index (χ1) is 23.3. The highest BCUT2D eigenvalue weighted by Crippen LogP contribution is 2.37. The van der Waals surface area contributed by atoms with E-state index in [0.717, 1.165) is 27.5 Å². The molecule has 1 aliphatic rings. The Kier molecular flexibility index (Phi) is 6.47. The van der Waals surface area contributed by atoms with Gasteiger partial charge >= 0.3 is 0 Å². The summed E-state index contributed by atoms with van der Waals surface area (Å²) in [5, 5.41) is 7.77. The first-order valence-corrected chi connectivity index (χ1v) is 18.0. The molecule has 7 aromatic carbocycles. The highest BCUT2D eigenvalue weighted by Gasteiger charge is 2.49. The van der Waals surface area contributed by atoms with Crippen LogP contribution >= 0.6 is 0 Å². The van der Waals surface area contributed by atoms with Gasteiger partial charge in [0, 0.05) is 16.7 Å². The first-order valence-electron chi connectivity index (χ1n) is 16.0. The highest BCUT2D eigenvalue weighted by atomic mass is 28.3. The van der Waals surface area contributed by atoms with Gasteiger partial charge in [-0.3, -0.25) is 0 Å². The third-order valence-electron chi connectivity index (χ3n) is 9.42. The SMILES string of the molecule is c1ccc(-c2nc(-c3cccc4c3-c3ccccc3[Si]4(c3ccccc3)c3ccccc3)nc(-c3cccc4ccccc34)n2)cc1. The summed E-state index contributed by atoms with van der Waals surface area (Å²) in [6, 6.07) is 62.8. The molecule has 3 nitrogen and oxygen atoms in total. The van der Waals surface area contributed by atoms with Crippen LogP contribution in [0.25, 0.3) is 56.1 Å². The monoisotopic (exact) mass is 615 g/mol. The zero-order valence-electron chi connectivity index (χ0n) is 25.6. The van der Waals surface area contributed by atoms with Gasteiger partial charge in [-0.05, 0) is 42.6 Å². The van der Waals surface area contributed by atoms with E-state index >= 15 is 0 Å². The van der Waals surface area contributed by atoms with E-state index in [1.807, 2.05) is 18.2 Å². The maximum absolute atomic E-state index is 5.29. The molecule has 0 spiro atoms. The van der Waals surface area contributed by atoms with Gasteiger partial charge in [-0.25, -0.2) is 15.0 Å². The minimum absolute atomic E-state index is 0.664. The van der Waals surface area contributed by atoms with E-state index in [9.17, 15) is 0 Å². The predicted molar refractivity (Wildman–Crippen MR) is 196 cm³/mol. The summed E-state index contributed by atoms with van der Waals surface area (Å²) in [6.45, 7) is 0. The Morgan fingerprint density at radius 1 is 0.340 bits per heavy atom. The van der Waals surface area contributed by atoms with Crippen molar-refractivity contribution in [3.05, 3.63) is 176 Å². The Bertz CT molecular complexity index is 2360. The maximum Gasteiger partial charge on any atom is 0.180 e. The summed E-state index contributed by atoms with van der Waals surface area (Å²) < 4.78 is 0. The summed E-state index contributed by atoms with van der Waals surface area (Å²) in [6.07, 6.45) is 0. The van der Waals surface area contributed by atoms with E-state index in [-0.39, 0.29) is 0 Å². The summed E-state index contributed by atoms with van der Waals surface area (Å²) in [7, 11) is -2.65. The molecule has 1 aromatic heterocycles. The Labute approximate surface area is 274 Å². The third kappa shape index (κ3) is 4.30. The van der Waals surface area contributed by atoms with Gasteiger partial charge in [0.25, 0.3) is 0 Å². The van der Waals surface area contributed by atoms with Crippen molar-refractivity contribution in [2.24, 2.45) is 0 Å². The molecule has 0 amide bonds. The molecule has 0 atom stereocenters. The van der Waals surface area contributed by atoms with E-state index in [1.165, 1.54) is 31.9 Å². The minimum Gasteiger partial charge on any atom is -0.208 e. The average molecular weight is 616 g/mol. The second kappa shape index (κ2) is 11.1. The smallest absolute Gasteiger partial charge is 0.180 e. The topological polar surface area (TPSA) is 38.7 Å². The van der Waals surface area contributed by atoms with Crippen molar-refractivity contribution in [3.8, 4) is 45.3 Å². The second-order valence-corrected chi connectivity index (χ2v) is 15.7. The van der Waals surface area contributed by atoms with Crippen molar-refractivity contribution in [1.82, 2.24) is 15.0 Å². The van der Waals surface area contributed by atoms with Gasteiger partial charge in [-0.2, -0.15) is 0 Å². The molecule has 4 heteroatoms. The molecule has 1 aliphatic heterocycles. The molecule has 0 saturated heterocycles. The predicted octanol–water partition coefficient (Wildman–Crippen LogP) is 7.38. The van der Waals surface area contributed by atoms with E-state index in [4.69, 9.17) is 15.0 Å². The molecule has 0 N–H and O–H groups in total. The van der Waals surface area contributed by atoms with Crippen molar-refractivity contribution in [3.63, 3.8) is 0 Å². The van der Waals surface area contributed by atoms with E-state index in [2.05, 4.69) is 158 Å². The lowest BCUT2D eigenvalue weighted by atomic mass is 9.99. The normalized spacial score (nSPS) is 12.9. The number of nitrogens with zero attached hydrogens (tertiary/aromatic N) is 3. The molecular formula is C43H29N3Si. The van der Waals surface area contributed by atoms with Crippen molar-refractivity contribution >= 4 is 39.6 Å². The largest absolute Gasteiger partial charge is 0.208 e. The summed E-state index contributed by atoms with van der Waals surface area (Å²) in [4.78, 5) is 15.6. The molecule has 0 bridgehead atoms. The molecule has 47 heavy (non-hydrogen) atoms. The van der Waals surface area contributed by atoms with Crippen molar-refractivity contribution in [1.29, 1.82) is 0 Å². The van der Waals surface area contributed by atoms with Crippen LogP contribution in [0.15, 0.2) is 176 Å². The van der Waals surface area contributed by atoms with E-state index in [0.29, 0.717) is 17.5 Å². The van der Waals surface area contributed by atoms with E-state index < -0.39 is 8.07 Å². The van der Waals surface area contributed by atoms with Crippen LogP contribution in [-0.2, 0) is 0 Å². The molecule has 2 heterocycles. The fourth-order valence-electron chi connectivity index (χ4n) is 7.43. The number of aromatic nitrogens is 3. The Balaban J connectivity index is 1.36. The Morgan fingerprint density at radius 3 is 1.57 bits per heavy atom. The lowest BCUT2D eigenvalue weighted by Crippen LogP contribution is -2.72. The van der Waals surface area contributed by atoms with Gasteiger partial charge < -0.3 is 0 Å².